The monoisotopic (exact) mass is 263 g/mol. The molecule has 0 aliphatic carbocycles. The predicted octanol–water partition coefficient (Wildman–Crippen LogP) is 2.66. The number of rotatable bonds is 6. The topological polar surface area (TPSA) is 12.5 Å². The van der Waals surface area contributed by atoms with Gasteiger partial charge < -0.3 is 9.64 Å². The molecule has 84 valence electrons. The zero-order valence-corrected chi connectivity index (χ0v) is 10.8. The molecule has 1 aliphatic heterocycles. The van der Waals surface area contributed by atoms with Gasteiger partial charge in [0.2, 0.25) is 0 Å². The van der Waals surface area contributed by atoms with Crippen molar-refractivity contribution >= 4 is 15.9 Å². The maximum atomic E-state index is 5.36. The molecule has 0 N–H and O–H groups in total. The summed E-state index contributed by atoms with van der Waals surface area (Å²) in [6, 6.07) is 0.771. The summed E-state index contributed by atoms with van der Waals surface area (Å²) in [7, 11) is 2.25. The Morgan fingerprint density at radius 3 is 2.57 bits per heavy atom. The molecular weight excluding hydrogens is 242 g/mol. The number of unbranched alkanes of at least 4 members (excludes halogenated alkanes) is 2. The molecule has 0 amide bonds. The number of hydrogen-bond acceptors (Lipinski definition) is 2. The lowest BCUT2D eigenvalue weighted by Crippen LogP contribution is -2.37. The van der Waals surface area contributed by atoms with Crippen molar-refractivity contribution in [3.63, 3.8) is 0 Å². The van der Waals surface area contributed by atoms with Crippen LogP contribution < -0.4 is 0 Å². The summed E-state index contributed by atoms with van der Waals surface area (Å²) < 4.78 is 5.36. The molecule has 1 saturated heterocycles. The van der Waals surface area contributed by atoms with Crippen LogP contribution in [0.2, 0.25) is 0 Å². The van der Waals surface area contributed by atoms with Gasteiger partial charge in [-0.05, 0) is 39.3 Å². The average molecular weight is 264 g/mol. The standard InChI is InChI=1S/C11H22BrNO/c1-13(8-4-2-3-7-12)11-5-9-14-10-6-11/h11H,2-10H2,1H3. The normalized spacial score (nSPS) is 19.1. The SMILES string of the molecule is CN(CCCCCBr)C1CCOCC1. The fourth-order valence-corrected chi connectivity index (χ4v) is 2.34. The number of alkyl halides is 1. The Morgan fingerprint density at radius 1 is 1.21 bits per heavy atom. The second kappa shape index (κ2) is 7.66. The highest BCUT2D eigenvalue weighted by atomic mass is 79.9. The summed E-state index contributed by atoms with van der Waals surface area (Å²) in [5.41, 5.74) is 0. The largest absolute Gasteiger partial charge is 0.381 e. The minimum Gasteiger partial charge on any atom is -0.381 e. The average Bonchev–Trinajstić information content (AvgIpc) is 2.25. The van der Waals surface area contributed by atoms with Gasteiger partial charge in [-0.2, -0.15) is 0 Å². The number of ether oxygens (including phenoxy) is 1. The summed E-state index contributed by atoms with van der Waals surface area (Å²) in [5, 5.41) is 1.15. The fraction of sp³-hybridized carbons (Fsp3) is 1.00. The first-order valence-corrected chi connectivity index (χ1v) is 6.80. The van der Waals surface area contributed by atoms with E-state index in [9.17, 15) is 0 Å². The van der Waals surface area contributed by atoms with E-state index in [0.29, 0.717) is 0 Å². The molecule has 1 fully saturated rings. The van der Waals surface area contributed by atoms with Crippen LogP contribution in [0, 0.1) is 0 Å². The van der Waals surface area contributed by atoms with E-state index in [0.717, 1.165) is 24.6 Å². The highest BCUT2D eigenvalue weighted by Crippen LogP contribution is 2.13. The van der Waals surface area contributed by atoms with Crippen molar-refractivity contribution in [3.8, 4) is 0 Å². The summed E-state index contributed by atoms with van der Waals surface area (Å²) >= 11 is 3.46. The van der Waals surface area contributed by atoms with Gasteiger partial charge in [0.1, 0.15) is 0 Å². The Bertz CT molecular complexity index is 137. The minimum atomic E-state index is 0.771. The first-order chi connectivity index (χ1) is 6.84. The van der Waals surface area contributed by atoms with Crippen molar-refractivity contribution in [1.82, 2.24) is 4.90 Å². The molecule has 0 atom stereocenters. The van der Waals surface area contributed by atoms with Crippen molar-refractivity contribution in [2.75, 3.05) is 32.1 Å². The Labute approximate surface area is 96.1 Å². The van der Waals surface area contributed by atoms with Crippen LogP contribution in [-0.2, 0) is 4.74 Å². The van der Waals surface area contributed by atoms with E-state index < -0.39 is 0 Å². The van der Waals surface area contributed by atoms with Crippen molar-refractivity contribution in [2.24, 2.45) is 0 Å². The zero-order chi connectivity index (χ0) is 10.2. The van der Waals surface area contributed by atoms with Crippen molar-refractivity contribution in [3.05, 3.63) is 0 Å². The van der Waals surface area contributed by atoms with Gasteiger partial charge >= 0.3 is 0 Å². The van der Waals surface area contributed by atoms with Gasteiger partial charge in [0.25, 0.3) is 0 Å². The summed E-state index contributed by atoms with van der Waals surface area (Å²) in [5.74, 6) is 0. The Hall–Kier alpha value is 0.400. The maximum Gasteiger partial charge on any atom is 0.0480 e. The minimum absolute atomic E-state index is 0.771. The van der Waals surface area contributed by atoms with E-state index in [1.807, 2.05) is 0 Å². The van der Waals surface area contributed by atoms with Crippen LogP contribution in [0.4, 0.5) is 0 Å². The predicted molar refractivity (Wildman–Crippen MR) is 64.1 cm³/mol. The molecule has 0 aromatic rings. The van der Waals surface area contributed by atoms with E-state index in [2.05, 4.69) is 27.9 Å². The van der Waals surface area contributed by atoms with Gasteiger partial charge in [-0.1, -0.05) is 22.4 Å². The van der Waals surface area contributed by atoms with Crippen LogP contribution >= 0.6 is 15.9 Å². The first kappa shape index (κ1) is 12.5. The van der Waals surface area contributed by atoms with Crippen molar-refractivity contribution in [1.29, 1.82) is 0 Å². The van der Waals surface area contributed by atoms with Crippen LogP contribution in [0.3, 0.4) is 0 Å². The molecule has 0 aromatic carbocycles. The van der Waals surface area contributed by atoms with Crippen LogP contribution in [0.15, 0.2) is 0 Å². The molecule has 1 heterocycles. The molecule has 0 unspecified atom stereocenters. The quantitative estimate of drug-likeness (QED) is 0.540. The van der Waals surface area contributed by atoms with E-state index >= 15 is 0 Å². The third kappa shape index (κ3) is 4.76. The summed E-state index contributed by atoms with van der Waals surface area (Å²) in [4.78, 5) is 2.51. The number of nitrogens with zero attached hydrogens (tertiary/aromatic N) is 1. The van der Waals surface area contributed by atoms with Crippen molar-refractivity contribution in [2.45, 2.75) is 38.1 Å². The van der Waals surface area contributed by atoms with Crippen molar-refractivity contribution < 1.29 is 4.74 Å². The molecule has 2 nitrogen and oxygen atoms in total. The Kier molecular flexibility index (Phi) is 6.82. The Balaban J connectivity index is 2.04. The van der Waals surface area contributed by atoms with Gasteiger partial charge in [-0.3, -0.25) is 0 Å². The third-order valence-electron chi connectivity index (χ3n) is 2.96. The molecule has 0 radical (unpaired) electrons. The van der Waals surface area contributed by atoms with Crippen LogP contribution in [0.5, 0.6) is 0 Å². The van der Waals surface area contributed by atoms with Gasteiger partial charge in [0, 0.05) is 24.6 Å². The highest BCUT2D eigenvalue weighted by Gasteiger charge is 2.17. The van der Waals surface area contributed by atoms with Crippen LogP contribution in [0.1, 0.15) is 32.1 Å². The third-order valence-corrected chi connectivity index (χ3v) is 3.52. The molecule has 1 rings (SSSR count). The lowest BCUT2D eigenvalue weighted by molar-refractivity contribution is 0.0426. The van der Waals surface area contributed by atoms with E-state index in [1.165, 1.54) is 38.6 Å². The first-order valence-electron chi connectivity index (χ1n) is 5.68. The zero-order valence-electron chi connectivity index (χ0n) is 9.17. The second-order valence-corrected chi connectivity index (χ2v) is 4.87. The molecule has 0 aromatic heterocycles. The maximum absolute atomic E-state index is 5.36. The molecule has 3 heteroatoms. The van der Waals surface area contributed by atoms with E-state index in [1.54, 1.807) is 0 Å². The molecule has 0 saturated carbocycles. The van der Waals surface area contributed by atoms with Crippen LogP contribution in [0.25, 0.3) is 0 Å². The van der Waals surface area contributed by atoms with Gasteiger partial charge in [-0.25, -0.2) is 0 Å². The van der Waals surface area contributed by atoms with Gasteiger partial charge in [0.15, 0.2) is 0 Å². The Morgan fingerprint density at radius 2 is 1.93 bits per heavy atom. The highest BCUT2D eigenvalue weighted by molar-refractivity contribution is 9.09. The van der Waals surface area contributed by atoms with E-state index in [4.69, 9.17) is 4.74 Å². The molecule has 1 aliphatic rings. The summed E-state index contributed by atoms with van der Waals surface area (Å²) in [6.07, 6.45) is 6.42. The van der Waals surface area contributed by atoms with Crippen LogP contribution in [-0.4, -0.2) is 43.1 Å². The molecule has 0 spiro atoms. The van der Waals surface area contributed by atoms with Gasteiger partial charge in [0.05, 0.1) is 0 Å². The number of hydrogen-bond donors (Lipinski definition) is 0. The van der Waals surface area contributed by atoms with E-state index in [-0.39, 0.29) is 0 Å². The fourth-order valence-electron chi connectivity index (χ4n) is 1.94. The lowest BCUT2D eigenvalue weighted by atomic mass is 10.1. The smallest absolute Gasteiger partial charge is 0.0480 e. The number of halogens is 1. The molecule has 0 bridgehead atoms. The summed E-state index contributed by atoms with van der Waals surface area (Å²) in [6.45, 7) is 3.16. The molecular formula is C11H22BrNO. The second-order valence-electron chi connectivity index (χ2n) is 4.07. The van der Waals surface area contributed by atoms with Gasteiger partial charge in [-0.15, -0.1) is 0 Å². The lowest BCUT2D eigenvalue weighted by Gasteiger charge is -2.31. The molecule has 14 heavy (non-hydrogen) atoms.